The van der Waals surface area contributed by atoms with Gasteiger partial charge in [-0.1, -0.05) is 0 Å². The summed E-state index contributed by atoms with van der Waals surface area (Å²) in [5.74, 6) is 0.607. The van der Waals surface area contributed by atoms with Crippen LogP contribution in [0.1, 0.15) is 6.92 Å². The standard InChI is InChI=1S/C35H64N2O14/c1-33(38)37-34-3-5-35(6-4-34)51-32-31-50-30-29-49-28-27-48-26-25-47-24-23-46-22-21-45-20-19-44-18-17-43-16-15-42-14-13-41-12-11-40-10-9-39-8-7-36-2/h3-6,36H,7-32H2,1-2H3,(H,37,38). The average Bonchev–Trinajstić information content (AvgIpc) is 3.13. The third kappa shape index (κ3) is 36.1. The highest BCUT2D eigenvalue weighted by Crippen LogP contribution is 2.15. The van der Waals surface area contributed by atoms with Crippen molar-refractivity contribution in [3.05, 3.63) is 24.3 Å². The zero-order valence-corrected chi connectivity index (χ0v) is 30.9. The fourth-order valence-corrected chi connectivity index (χ4v) is 3.75. The first-order chi connectivity index (χ1) is 25.2. The van der Waals surface area contributed by atoms with Crippen molar-refractivity contribution in [1.29, 1.82) is 0 Å². The maximum Gasteiger partial charge on any atom is 0.221 e. The lowest BCUT2D eigenvalue weighted by molar-refractivity contribution is -0.114. The Morgan fingerprint density at radius 1 is 0.412 bits per heavy atom. The largest absolute Gasteiger partial charge is 0.491 e. The third-order valence-corrected chi connectivity index (χ3v) is 6.26. The van der Waals surface area contributed by atoms with Crippen LogP contribution >= 0.6 is 0 Å². The zero-order chi connectivity index (χ0) is 36.6. The summed E-state index contributed by atoms with van der Waals surface area (Å²) in [4.78, 5) is 11.0. The Morgan fingerprint density at radius 2 is 0.667 bits per heavy atom. The van der Waals surface area contributed by atoms with Gasteiger partial charge < -0.3 is 72.2 Å². The Hall–Kier alpha value is -2.03. The van der Waals surface area contributed by atoms with Gasteiger partial charge in [0.05, 0.1) is 159 Å². The van der Waals surface area contributed by atoms with Gasteiger partial charge in [-0.2, -0.15) is 0 Å². The quantitative estimate of drug-likeness (QED) is 0.0929. The average molecular weight is 737 g/mol. The number of carbonyl (C=O) groups excluding carboxylic acids is 1. The monoisotopic (exact) mass is 736 g/mol. The van der Waals surface area contributed by atoms with Crippen LogP contribution in [0.4, 0.5) is 5.69 Å². The van der Waals surface area contributed by atoms with E-state index in [2.05, 4.69) is 10.6 Å². The number of nitrogens with one attached hydrogen (secondary N) is 2. The van der Waals surface area contributed by atoms with Crippen LogP contribution in [0, 0.1) is 0 Å². The van der Waals surface area contributed by atoms with E-state index in [-0.39, 0.29) is 5.91 Å². The fraction of sp³-hybridized carbons (Fsp3) is 0.800. The summed E-state index contributed by atoms with van der Waals surface area (Å²) in [7, 11) is 1.89. The Balaban J connectivity index is 1.64. The van der Waals surface area contributed by atoms with E-state index in [4.69, 9.17) is 61.6 Å². The molecule has 0 aliphatic heterocycles. The maximum absolute atomic E-state index is 11.0. The highest BCUT2D eigenvalue weighted by Gasteiger charge is 1.99. The minimum absolute atomic E-state index is 0.109. The zero-order valence-electron chi connectivity index (χ0n) is 30.9. The van der Waals surface area contributed by atoms with Crippen molar-refractivity contribution in [3.8, 4) is 5.75 Å². The normalized spacial score (nSPS) is 11.3. The highest BCUT2D eigenvalue weighted by atomic mass is 16.6. The molecule has 0 aliphatic rings. The lowest BCUT2D eigenvalue weighted by atomic mass is 10.3. The lowest BCUT2D eigenvalue weighted by Gasteiger charge is -2.09. The molecule has 0 heterocycles. The smallest absolute Gasteiger partial charge is 0.221 e. The Kier molecular flexibility index (Phi) is 36.1. The first-order valence-corrected chi connectivity index (χ1v) is 17.8. The van der Waals surface area contributed by atoms with Gasteiger partial charge in [0, 0.05) is 19.2 Å². The SMILES string of the molecule is CNCCOCCOCCOCCOCCOCCOCCOCCOCCOCCOCCOCCOCCOc1ccc(NC(C)=O)cc1. The number of hydrogen-bond acceptors (Lipinski definition) is 15. The molecule has 0 aliphatic carbocycles. The van der Waals surface area contributed by atoms with Gasteiger partial charge in [0.15, 0.2) is 0 Å². The van der Waals surface area contributed by atoms with Gasteiger partial charge in [0.1, 0.15) is 12.4 Å². The Bertz CT molecular complexity index is 856. The molecule has 0 aromatic heterocycles. The molecule has 0 saturated heterocycles. The summed E-state index contributed by atoms with van der Waals surface area (Å²) in [5, 5.41) is 5.73. The molecule has 0 spiro atoms. The van der Waals surface area contributed by atoms with Gasteiger partial charge in [-0.05, 0) is 31.3 Å². The van der Waals surface area contributed by atoms with E-state index in [1.54, 1.807) is 24.3 Å². The highest BCUT2D eigenvalue weighted by molar-refractivity contribution is 5.88. The second-order valence-corrected chi connectivity index (χ2v) is 10.5. The van der Waals surface area contributed by atoms with Crippen LogP contribution in [-0.4, -0.2) is 185 Å². The topological polar surface area (TPSA) is 161 Å². The molecule has 0 bridgehead atoms. The minimum atomic E-state index is -0.109. The van der Waals surface area contributed by atoms with Crippen LogP contribution in [0.2, 0.25) is 0 Å². The predicted molar refractivity (Wildman–Crippen MR) is 190 cm³/mol. The summed E-state index contributed by atoms with van der Waals surface area (Å²) in [6, 6.07) is 7.18. The van der Waals surface area contributed by atoms with Gasteiger partial charge in [-0.15, -0.1) is 0 Å². The van der Waals surface area contributed by atoms with E-state index >= 15 is 0 Å². The van der Waals surface area contributed by atoms with Gasteiger partial charge in [0.2, 0.25) is 5.91 Å². The van der Waals surface area contributed by atoms with Crippen LogP contribution in [0.25, 0.3) is 0 Å². The molecular formula is C35H64N2O14. The molecule has 298 valence electrons. The number of amides is 1. The molecule has 16 nitrogen and oxygen atoms in total. The minimum Gasteiger partial charge on any atom is -0.491 e. The van der Waals surface area contributed by atoms with Crippen molar-refractivity contribution in [2.24, 2.45) is 0 Å². The molecule has 0 atom stereocenters. The molecule has 1 aromatic rings. The van der Waals surface area contributed by atoms with Crippen molar-refractivity contribution < 1.29 is 66.4 Å². The van der Waals surface area contributed by atoms with Crippen LogP contribution < -0.4 is 15.4 Å². The molecule has 1 aromatic carbocycles. The molecule has 2 N–H and O–H groups in total. The Labute approximate surface area is 304 Å². The summed E-state index contributed by atoms with van der Waals surface area (Å²) in [5.41, 5.74) is 0.731. The van der Waals surface area contributed by atoms with E-state index < -0.39 is 0 Å². The van der Waals surface area contributed by atoms with E-state index in [1.807, 2.05) is 7.05 Å². The molecule has 0 unspecified atom stereocenters. The van der Waals surface area contributed by atoms with Crippen molar-refractivity contribution in [3.63, 3.8) is 0 Å². The predicted octanol–water partition coefficient (Wildman–Crippen LogP) is 1.44. The Morgan fingerprint density at radius 3 is 0.922 bits per heavy atom. The second kappa shape index (κ2) is 39.2. The number of rotatable bonds is 41. The number of benzene rings is 1. The number of hydrogen-bond donors (Lipinski definition) is 2. The molecule has 0 saturated carbocycles. The van der Waals surface area contributed by atoms with E-state index in [9.17, 15) is 4.79 Å². The molecule has 16 heteroatoms. The second-order valence-electron chi connectivity index (χ2n) is 10.5. The first-order valence-electron chi connectivity index (χ1n) is 17.8. The summed E-state index contributed by atoms with van der Waals surface area (Å²) >= 11 is 0. The van der Waals surface area contributed by atoms with Crippen molar-refractivity contribution in [2.45, 2.75) is 6.92 Å². The van der Waals surface area contributed by atoms with E-state index in [0.29, 0.717) is 171 Å². The van der Waals surface area contributed by atoms with Gasteiger partial charge >= 0.3 is 0 Å². The number of ether oxygens (including phenoxy) is 13. The van der Waals surface area contributed by atoms with Crippen molar-refractivity contribution >= 4 is 11.6 Å². The van der Waals surface area contributed by atoms with E-state index in [0.717, 1.165) is 12.2 Å². The molecule has 1 rings (SSSR count). The van der Waals surface area contributed by atoms with E-state index in [1.165, 1.54) is 6.92 Å². The van der Waals surface area contributed by atoms with Crippen molar-refractivity contribution in [1.82, 2.24) is 5.32 Å². The van der Waals surface area contributed by atoms with Crippen LogP contribution in [-0.2, 0) is 61.6 Å². The maximum atomic E-state index is 11.0. The lowest BCUT2D eigenvalue weighted by Crippen LogP contribution is -2.17. The van der Waals surface area contributed by atoms with Crippen LogP contribution in [0.3, 0.4) is 0 Å². The molecular weight excluding hydrogens is 672 g/mol. The molecule has 51 heavy (non-hydrogen) atoms. The van der Waals surface area contributed by atoms with Crippen LogP contribution in [0.5, 0.6) is 5.75 Å². The first kappa shape index (κ1) is 47.0. The van der Waals surface area contributed by atoms with Crippen LogP contribution in [0.15, 0.2) is 24.3 Å². The number of likely N-dealkylation sites (N-methyl/N-ethyl adjacent to an activating group) is 1. The number of carbonyl (C=O) groups is 1. The fourth-order valence-electron chi connectivity index (χ4n) is 3.75. The van der Waals surface area contributed by atoms with Crippen molar-refractivity contribution in [2.75, 3.05) is 184 Å². The number of anilines is 1. The summed E-state index contributed by atoms with van der Waals surface area (Å²) in [6.07, 6.45) is 0. The molecule has 0 fully saturated rings. The third-order valence-electron chi connectivity index (χ3n) is 6.26. The molecule has 1 amide bonds. The van der Waals surface area contributed by atoms with Gasteiger partial charge in [-0.25, -0.2) is 0 Å². The van der Waals surface area contributed by atoms with Gasteiger partial charge in [0.25, 0.3) is 0 Å². The van der Waals surface area contributed by atoms with Gasteiger partial charge in [-0.3, -0.25) is 4.79 Å². The summed E-state index contributed by atoms with van der Waals surface area (Å²) < 4.78 is 71.2. The molecule has 0 radical (unpaired) electrons. The summed E-state index contributed by atoms with van der Waals surface area (Å²) in [6.45, 7) is 15.1.